The number of aliphatic carboxylic acids is 1. The van der Waals surface area contributed by atoms with Crippen molar-refractivity contribution >= 4 is 23.1 Å². The van der Waals surface area contributed by atoms with Gasteiger partial charge in [-0.05, 0) is 17.7 Å². The summed E-state index contributed by atoms with van der Waals surface area (Å²) in [6.45, 7) is 0. The van der Waals surface area contributed by atoms with Crippen molar-refractivity contribution in [1.29, 1.82) is 0 Å². The summed E-state index contributed by atoms with van der Waals surface area (Å²) in [5, 5.41) is 8.64. The molecule has 0 saturated carbocycles. The lowest BCUT2D eigenvalue weighted by Gasteiger charge is -2.11. The molecule has 0 saturated heterocycles. The van der Waals surface area contributed by atoms with E-state index in [0.717, 1.165) is 12.1 Å². The lowest BCUT2D eigenvalue weighted by atomic mass is 10.1. The molecule has 0 unspecified atom stereocenters. The normalized spacial score (nSPS) is 12.6. The summed E-state index contributed by atoms with van der Waals surface area (Å²) >= 11 is 5.52. The van der Waals surface area contributed by atoms with Gasteiger partial charge in [-0.1, -0.05) is 23.7 Å². The van der Waals surface area contributed by atoms with Gasteiger partial charge in [-0.15, -0.1) is 0 Å². The van der Waals surface area contributed by atoms with Gasteiger partial charge in [-0.25, -0.2) is 4.79 Å². The highest BCUT2D eigenvalue weighted by atomic mass is 35.5. The monoisotopic (exact) mass is 250 g/mol. The van der Waals surface area contributed by atoms with Crippen molar-refractivity contribution in [3.05, 3.63) is 40.9 Å². The maximum atomic E-state index is 12.5. The molecule has 1 aromatic carbocycles. The van der Waals surface area contributed by atoms with Crippen LogP contribution in [0.4, 0.5) is 13.2 Å². The summed E-state index contributed by atoms with van der Waals surface area (Å²) < 4.78 is 37.5. The van der Waals surface area contributed by atoms with Gasteiger partial charge in [0.05, 0.1) is 5.57 Å². The van der Waals surface area contributed by atoms with Gasteiger partial charge in [0.15, 0.2) is 0 Å². The van der Waals surface area contributed by atoms with E-state index >= 15 is 0 Å². The summed E-state index contributed by atoms with van der Waals surface area (Å²) in [7, 11) is 0. The van der Waals surface area contributed by atoms with Gasteiger partial charge < -0.3 is 5.11 Å². The number of halogens is 4. The van der Waals surface area contributed by atoms with Gasteiger partial charge in [-0.3, -0.25) is 0 Å². The molecule has 6 heteroatoms. The van der Waals surface area contributed by atoms with Crippen molar-refractivity contribution < 1.29 is 23.1 Å². The topological polar surface area (TPSA) is 37.3 Å². The summed E-state index contributed by atoms with van der Waals surface area (Å²) in [4.78, 5) is 10.3. The molecule has 0 heterocycles. The van der Waals surface area contributed by atoms with Gasteiger partial charge in [0.25, 0.3) is 0 Å². The van der Waals surface area contributed by atoms with Crippen LogP contribution >= 0.6 is 11.6 Å². The number of benzene rings is 1. The van der Waals surface area contributed by atoms with Crippen LogP contribution in [0.2, 0.25) is 5.02 Å². The first-order valence-electron chi connectivity index (χ1n) is 4.08. The van der Waals surface area contributed by atoms with E-state index in [-0.39, 0.29) is 16.7 Å². The standard InChI is InChI=1S/C10H6ClF3O2/c11-7-3-1-6(2-4-7)8(5-9(15)16)10(12,13)14/h1-5H,(H,15,16)/b8-5+. The van der Waals surface area contributed by atoms with Crippen LogP contribution in [0.15, 0.2) is 30.3 Å². The maximum absolute atomic E-state index is 12.5. The first-order valence-corrected chi connectivity index (χ1v) is 4.46. The quantitative estimate of drug-likeness (QED) is 0.817. The zero-order chi connectivity index (χ0) is 12.3. The van der Waals surface area contributed by atoms with Crippen LogP contribution in [-0.4, -0.2) is 17.3 Å². The molecule has 1 N–H and O–H groups in total. The predicted octanol–water partition coefficient (Wildman–Crippen LogP) is 3.37. The van der Waals surface area contributed by atoms with Gasteiger partial charge >= 0.3 is 12.1 Å². The van der Waals surface area contributed by atoms with E-state index in [9.17, 15) is 18.0 Å². The number of hydrogen-bond donors (Lipinski definition) is 1. The third-order valence-electron chi connectivity index (χ3n) is 1.73. The Hall–Kier alpha value is -1.49. The van der Waals surface area contributed by atoms with E-state index in [1.54, 1.807) is 0 Å². The molecule has 0 aliphatic heterocycles. The second-order valence-corrected chi connectivity index (χ2v) is 3.34. The second-order valence-electron chi connectivity index (χ2n) is 2.90. The number of carboxylic acid groups (broad SMARTS) is 1. The molecule has 0 bridgehead atoms. The highest BCUT2D eigenvalue weighted by Crippen LogP contribution is 2.34. The molecule has 2 nitrogen and oxygen atoms in total. The fourth-order valence-corrected chi connectivity index (χ4v) is 1.21. The van der Waals surface area contributed by atoms with Crippen molar-refractivity contribution in [1.82, 2.24) is 0 Å². The third-order valence-corrected chi connectivity index (χ3v) is 1.98. The summed E-state index contributed by atoms with van der Waals surface area (Å²) in [5.74, 6) is -1.65. The van der Waals surface area contributed by atoms with Gasteiger partial charge in [0.1, 0.15) is 0 Å². The van der Waals surface area contributed by atoms with E-state index in [4.69, 9.17) is 16.7 Å². The molecular weight excluding hydrogens is 245 g/mol. The van der Waals surface area contributed by atoms with Crippen molar-refractivity contribution in [3.8, 4) is 0 Å². The van der Waals surface area contributed by atoms with Crippen molar-refractivity contribution in [2.75, 3.05) is 0 Å². The number of alkyl halides is 3. The first-order chi connectivity index (χ1) is 7.30. The van der Waals surface area contributed by atoms with Crippen LogP contribution in [0.1, 0.15) is 5.56 Å². The zero-order valence-electron chi connectivity index (χ0n) is 7.75. The molecule has 0 fully saturated rings. The molecule has 0 aliphatic carbocycles. The SMILES string of the molecule is O=C(O)/C=C(\c1ccc(Cl)cc1)C(F)(F)F. The molecule has 0 radical (unpaired) electrons. The molecule has 1 aromatic rings. The summed E-state index contributed by atoms with van der Waals surface area (Å²) in [6.07, 6.45) is -4.59. The molecular formula is C10H6ClF3O2. The third kappa shape index (κ3) is 3.27. The number of carbonyl (C=O) groups is 1. The van der Waals surface area contributed by atoms with Gasteiger partial charge in [-0.2, -0.15) is 13.2 Å². The van der Waals surface area contributed by atoms with E-state index in [0.29, 0.717) is 0 Å². The fourth-order valence-electron chi connectivity index (χ4n) is 1.08. The lowest BCUT2D eigenvalue weighted by molar-refractivity contribution is -0.131. The Kier molecular flexibility index (Phi) is 3.59. The summed E-state index contributed by atoms with van der Waals surface area (Å²) in [5.41, 5.74) is -1.45. The Bertz CT molecular complexity index is 421. The van der Waals surface area contributed by atoms with Crippen LogP contribution in [0.25, 0.3) is 5.57 Å². The minimum Gasteiger partial charge on any atom is -0.478 e. The Morgan fingerprint density at radius 2 is 1.75 bits per heavy atom. The minimum absolute atomic E-state index is 0.128. The average molecular weight is 251 g/mol. The van der Waals surface area contributed by atoms with Gasteiger partial charge in [0.2, 0.25) is 0 Å². The largest absolute Gasteiger partial charge is 0.478 e. The Balaban J connectivity index is 3.23. The fraction of sp³-hybridized carbons (Fsp3) is 0.100. The molecule has 0 aliphatic rings. The molecule has 16 heavy (non-hydrogen) atoms. The molecule has 0 aromatic heterocycles. The first kappa shape index (κ1) is 12.6. The predicted molar refractivity (Wildman–Crippen MR) is 53.1 cm³/mol. The highest BCUT2D eigenvalue weighted by Gasteiger charge is 2.35. The number of carboxylic acids is 1. The van der Waals surface area contributed by atoms with Crippen LogP contribution in [-0.2, 0) is 4.79 Å². The molecule has 0 spiro atoms. The van der Waals surface area contributed by atoms with E-state index in [1.807, 2.05) is 0 Å². The lowest BCUT2D eigenvalue weighted by Crippen LogP contribution is -2.12. The number of hydrogen-bond acceptors (Lipinski definition) is 1. The van der Waals surface area contributed by atoms with E-state index in [1.165, 1.54) is 12.1 Å². The van der Waals surface area contributed by atoms with Gasteiger partial charge in [0, 0.05) is 11.1 Å². The molecule has 0 atom stereocenters. The summed E-state index contributed by atoms with van der Waals surface area (Å²) in [6, 6.07) is 4.76. The number of rotatable bonds is 2. The van der Waals surface area contributed by atoms with Crippen LogP contribution in [0, 0.1) is 0 Å². The molecule has 1 rings (SSSR count). The zero-order valence-corrected chi connectivity index (χ0v) is 8.51. The second kappa shape index (κ2) is 4.57. The molecule has 0 amide bonds. The van der Waals surface area contributed by atoms with E-state index in [2.05, 4.69) is 0 Å². The average Bonchev–Trinajstić information content (AvgIpc) is 2.14. The maximum Gasteiger partial charge on any atom is 0.417 e. The minimum atomic E-state index is -4.72. The highest BCUT2D eigenvalue weighted by molar-refractivity contribution is 6.30. The van der Waals surface area contributed by atoms with Crippen molar-refractivity contribution in [3.63, 3.8) is 0 Å². The van der Waals surface area contributed by atoms with Crippen LogP contribution in [0.5, 0.6) is 0 Å². The smallest absolute Gasteiger partial charge is 0.417 e. The number of allylic oxidation sites excluding steroid dienone is 1. The van der Waals surface area contributed by atoms with Crippen molar-refractivity contribution in [2.24, 2.45) is 0 Å². The van der Waals surface area contributed by atoms with E-state index < -0.39 is 17.7 Å². The Morgan fingerprint density at radius 3 is 2.12 bits per heavy atom. The van der Waals surface area contributed by atoms with Crippen molar-refractivity contribution in [2.45, 2.75) is 6.18 Å². The Labute approximate surface area is 94.0 Å². The Morgan fingerprint density at radius 1 is 1.25 bits per heavy atom. The van der Waals surface area contributed by atoms with Crippen LogP contribution < -0.4 is 0 Å². The van der Waals surface area contributed by atoms with Crippen LogP contribution in [0.3, 0.4) is 0 Å². The molecule has 86 valence electrons.